The zero-order valence-electron chi connectivity index (χ0n) is 12.4. The van der Waals surface area contributed by atoms with Gasteiger partial charge in [0.2, 0.25) is 5.91 Å². The third-order valence-electron chi connectivity index (χ3n) is 3.00. The van der Waals surface area contributed by atoms with E-state index >= 15 is 0 Å². The van der Waals surface area contributed by atoms with Crippen LogP contribution in [-0.2, 0) is 4.79 Å². The number of anilines is 1. The van der Waals surface area contributed by atoms with E-state index in [1.165, 1.54) is 31.2 Å². The number of nitrogens with zero attached hydrogens (tertiary/aromatic N) is 1. The Labute approximate surface area is 132 Å². The van der Waals surface area contributed by atoms with Crippen LogP contribution in [0, 0.1) is 10.1 Å². The summed E-state index contributed by atoms with van der Waals surface area (Å²) in [6, 6.07) is 12.5. The number of nitro groups is 1. The number of nitro benzene ring substituents is 1. The third-order valence-corrected chi connectivity index (χ3v) is 3.00. The Morgan fingerprint density at radius 2 is 1.83 bits per heavy atom. The molecule has 0 unspecified atom stereocenters. The Balaban J connectivity index is 2.10. The zero-order valence-corrected chi connectivity index (χ0v) is 12.4. The number of ketones is 1. The Bertz CT molecular complexity index is 779. The molecule has 0 aliphatic rings. The molecule has 0 aliphatic heterocycles. The molecule has 116 valence electrons. The van der Waals surface area contributed by atoms with Gasteiger partial charge < -0.3 is 5.32 Å². The Morgan fingerprint density at radius 1 is 1.13 bits per heavy atom. The van der Waals surface area contributed by atoms with E-state index < -0.39 is 4.92 Å². The lowest BCUT2D eigenvalue weighted by atomic mass is 10.1. The topological polar surface area (TPSA) is 89.3 Å². The second-order valence-corrected chi connectivity index (χ2v) is 4.81. The van der Waals surface area contributed by atoms with Gasteiger partial charge in [-0.2, -0.15) is 0 Å². The smallest absolute Gasteiger partial charge is 0.270 e. The predicted octanol–water partition coefficient (Wildman–Crippen LogP) is 3.45. The summed E-state index contributed by atoms with van der Waals surface area (Å²) >= 11 is 0. The van der Waals surface area contributed by atoms with Crippen LogP contribution in [0.5, 0.6) is 0 Å². The van der Waals surface area contributed by atoms with Gasteiger partial charge in [0.15, 0.2) is 5.78 Å². The number of rotatable bonds is 5. The molecule has 0 bridgehead atoms. The molecule has 1 amide bonds. The minimum atomic E-state index is -0.486. The number of nitrogens with one attached hydrogen (secondary N) is 1. The monoisotopic (exact) mass is 310 g/mol. The normalized spacial score (nSPS) is 10.5. The summed E-state index contributed by atoms with van der Waals surface area (Å²) < 4.78 is 0. The highest BCUT2D eigenvalue weighted by molar-refractivity contribution is 6.07. The highest BCUT2D eigenvalue weighted by Crippen LogP contribution is 2.15. The number of carbonyl (C=O) groups excluding carboxylic acids is 2. The molecular formula is C17H14N2O4. The summed E-state index contributed by atoms with van der Waals surface area (Å²) in [7, 11) is 0. The van der Waals surface area contributed by atoms with Gasteiger partial charge in [-0.15, -0.1) is 0 Å². The van der Waals surface area contributed by atoms with Gasteiger partial charge >= 0.3 is 0 Å². The van der Waals surface area contributed by atoms with Crippen molar-refractivity contribution in [1.29, 1.82) is 0 Å². The molecule has 2 aromatic carbocycles. The molecular weight excluding hydrogens is 296 g/mol. The first-order chi connectivity index (χ1) is 11.0. The van der Waals surface area contributed by atoms with Gasteiger partial charge in [0.05, 0.1) is 4.92 Å². The number of carbonyl (C=O) groups is 2. The van der Waals surface area contributed by atoms with Gasteiger partial charge in [0.25, 0.3) is 5.69 Å². The van der Waals surface area contributed by atoms with Crippen LogP contribution < -0.4 is 5.32 Å². The average molecular weight is 310 g/mol. The van der Waals surface area contributed by atoms with Gasteiger partial charge in [-0.05, 0) is 35.9 Å². The average Bonchev–Trinajstić information content (AvgIpc) is 2.53. The predicted molar refractivity (Wildman–Crippen MR) is 87.2 cm³/mol. The molecule has 6 nitrogen and oxygen atoms in total. The second-order valence-electron chi connectivity index (χ2n) is 4.81. The van der Waals surface area contributed by atoms with Gasteiger partial charge in [0.1, 0.15) is 0 Å². The van der Waals surface area contributed by atoms with Gasteiger partial charge in [-0.25, -0.2) is 0 Å². The fraction of sp³-hybridized carbons (Fsp3) is 0.0588. The van der Waals surface area contributed by atoms with Crippen LogP contribution in [0.15, 0.2) is 54.6 Å². The van der Waals surface area contributed by atoms with Crippen molar-refractivity contribution in [3.8, 4) is 0 Å². The van der Waals surface area contributed by atoms with E-state index in [0.717, 1.165) is 0 Å². The zero-order chi connectivity index (χ0) is 16.8. The molecule has 0 saturated heterocycles. The molecule has 0 saturated carbocycles. The van der Waals surface area contributed by atoms with E-state index in [4.69, 9.17) is 0 Å². The number of benzene rings is 2. The van der Waals surface area contributed by atoms with E-state index in [0.29, 0.717) is 16.8 Å². The SMILES string of the molecule is CC(=O)Nc1ccc(C(=O)/C=C/c2cccc([N+](=O)[O-])c2)cc1. The molecule has 2 rings (SSSR count). The number of hydrogen-bond acceptors (Lipinski definition) is 4. The van der Waals surface area contributed by atoms with Crippen molar-refractivity contribution >= 4 is 29.1 Å². The van der Waals surface area contributed by atoms with Crippen molar-refractivity contribution in [3.05, 3.63) is 75.8 Å². The molecule has 0 spiro atoms. The molecule has 0 fully saturated rings. The Hall–Kier alpha value is -3.28. The van der Waals surface area contributed by atoms with Crippen molar-refractivity contribution in [2.45, 2.75) is 6.92 Å². The summed E-state index contributed by atoms with van der Waals surface area (Å²) in [4.78, 5) is 33.2. The van der Waals surface area contributed by atoms with Crippen LogP contribution in [0.4, 0.5) is 11.4 Å². The van der Waals surface area contributed by atoms with Crippen LogP contribution >= 0.6 is 0 Å². The van der Waals surface area contributed by atoms with Crippen LogP contribution in [0.2, 0.25) is 0 Å². The lowest BCUT2D eigenvalue weighted by Crippen LogP contribution is -2.05. The summed E-state index contributed by atoms with van der Waals surface area (Å²) in [5.74, 6) is -0.416. The fourth-order valence-electron chi connectivity index (χ4n) is 1.93. The molecule has 0 aromatic heterocycles. The van der Waals surface area contributed by atoms with Crippen molar-refractivity contribution in [3.63, 3.8) is 0 Å². The molecule has 23 heavy (non-hydrogen) atoms. The van der Waals surface area contributed by atoms with Crippen molar-refractivity contribution < 1.29 is 14.5 Å². The van der Waals surface area contributed by atoms with E-state index in [2.05, 4.69) is 5.32 Å². The molecule has 0 heterocycles. The second kappa shape index (κ2) is 7.13. The molecule has 6 heteroatoms. The van der Waals surface area contributed by atoms with Gasteiger partial charge in [0, 0.05) is 30.3 Å². The van der Waals surface area contributed by atoms with Crippen LogP contribution in [0.1, 0.15) is 22.8 Å². The number of allylic oxidation sites excluding steroid dienone is 1. The van der Waals surface area contributed by atoms with Crippen LogP contribution in [0.3, 0.4) is 0 Å². The third kappa shape index (κ3) is 4.60. The van der Waals surface area contributed by atoms with Crippen LogP contribution in [0.25, 0.3) is 6.08 Å². The Kier molecular flexibility index (Phi) is 4.99. The van der Waals surface area contributed by atoms with E-state index in [1.807, 2.05) is 0 Å². The minimum absolute atomic E-state index is 0.0285. The number of amides is 1. The maximum absolute atomic E-state index is 12.1. The van der Waals surface area contributed by atoms with Crippen molar-refractivity contribution in [2.75, 3.05) is 5.32 Å². The molecule has 2 aromatic rings. The van der Waals surface area contributed by atoms with Gasteiger partial charge in [-0.1, -0.05) is 18.2 Å². The van der Waals surface area contributed by atoms with Crippen molar-refractivity contribution in [1.82, 2.24) is 0 Å². The number of hydrogen-bond donors (Lipinski definition) is 1. The van der Waals surface area contributed by atoms with Crippen molar-refractivity contribution in [2.24, 2.45) is 0 Å². The highest BCUT2D eigenvalue weighted by Gasteiger charge is 2.05. The lowest BCUT2D eigenvalue weighted by molar-refractivity contribution is -0.384. The molecule has 0 radical (unpaired) electrons. The van der Waals surface area contributed by atoms with E-state index in [1.54, 1.807) is 36.4 Å². The molecule has 0 atom stereocenters. The first-order valence-electron chi connectivity index (χ1n) is 6.80. The summed E-state index contributed by atoms with van der Waals surface area (Å²) in [5.41, 5.74) is 1.61. The Morgan fingerprint density at radius 3 is 2.43 bits per heavy atom. The van der Waals surface area contributed by atoms with Gasteiger partial charge in [-0.3, -0.25) is 19.7 Å². The lowest BCUT2D eigenvalue weighted by Gasteiger charge is -2.02. The maximum atomic E-state index is 12.1. The first kappa shape index (κ1) is 16.1. The van der Waals surface area contributed by atoms with Crippen LogP contribution in [-0.4, -0.2) is 16.6 Å². The fourth-order valence-corrected chi connectivity index (χ4v) is 1.93. The summed E-state index contributed by atoms with van der Waals surface area (Å²) in [6.45, 7) is 1.40. The molecule has 1 N–H and O–H groups in total. The quantitative estimate of drug-likeness (QED) is 0.396. The maximum Gasteiger partial charge on any atom is 0.270 e. The highest BCUT2D eigenvalue weighted by atomic mass is 16.6. The minimum Gasteiger partial charge on any atom is -0.326 e. The summed E-state index contributed by atoms with van der Waals surface area (Å²) in [5, 5.41) is 13.3. The standard InChI is InChI=1S/C17H14N2O4/c1-12(20)18-15-8-6-14(7-9-15)17(21)10-5-13-3-2-4-16(11-13)19(22)23/h2-11H,1H3,(H,18,20)/b10-5+. The molecule has 0 aliphatic carbocycles. The largest absolute Gasteiger partial charge is 0.326 e. The van der Waals surface area contributed by atoms with E-state index in [-0.39, 0.29) is 17.4 Å². The van der Waals surface area contributed by atoms with E-state index in [9.17, 15) is 19.7 Å². The summed E-state index contributed by atoms with van der Waals surface area (Å²) in [6.07, 6.45) is 2.88. The number of non-ortho nitro benzene ring substituents is 1. The first-order valence-corrected chi connectivity index (χ1v) is 6.80.